The van der Waals surface area contributed by atoms with Gasteiger partial charge in [0, 0.05) is 18.2 Å². The maximum atomic E-state index is 12.2. The number of carboxylic acids is 1. The third kappa shape index (κ3) is 6.64. The minimum absolute atomic E-state index is 0.0679. The van der Waals surface area contributed by atoms with Gasteiger partial charge in [0.05, 0.1) is 5.92 Å². The molecular weight excluding hydrogens is 337 g/mol. The molecule has 1 saturated carbocycles. The normalized spacial score (nSPS) is 20.8. The number of hydrogen-bond donors (Lipinski definition) is 3. The summed E-state index contributed by atoms with van der Waals surface area (Å²) in [7, 11) is 0. The Balaban J connectivity index is 1.76. The van der Waals surface area contributed by atoms with Crippen LogP contribution in [0, 0.1) is 5.92 Å². The number of nitrogens with one attached hydrogen (secondary N) is 2. The monoisotopic (exact) mass is 358 g/mol. The Morgan fingerprint density at radius 2 is 1.68 bits per heavy atom. The Morgan fingerprint density at radius 1 is 1.08 bits per heavy atom. The molecule has 0 unspecified atom stereocenters. The predicted octanol–water partition coefficient (Wildman–Crippen LogP) is 3.95. The van der Waals surface area contributed by atoms with Crippen molar-refractivity contribution in [3.8, 4) is 0 Å². The molecule has 1 aliphatic rings. The van der Waals surface area contributed by atoms with Crippen molar-refractivity contribution in [2.75, 3.05) is 5.32 Å². The summed E-state index contributed by atoms with van der Waals surface area (Å²) >= 11 is 0. The van der Waals surface area contributed by atoms with Crippen molar-refractivity contribution in [3.63, 3.8) is 0 Å². The van der Waals surface area contributed by atoms with Crippen molar-refractivity contribution in [3.05, 3.63) is 29.8 Å². The zero-order valence-electron chi connectivity index (χ0n) is 13.6. The molecule has 0 atom stereocenters. The van der Waals surface area contributed by atoms with Gasteiger partial charge in [0.1, 0.15) is 0 Å². The largest absolute Gasteiger partial charge is 0.481 e. The summed E-state index contributed by atoms with van der Waals surface area (Å²) in [6.07, 6.45) is -2.86. The van der Waals surface area contributed by atoms with Crippen LogP contribution in [-0.4, -0.2) is 29.3 Å². The number of hydrogen-bond acceptors (Lipinski definition) is 2. The molecule has 2 rings (SSSR count). The summed E-state index contributed by atoms with van der Waals surface area (Å²) in [6, 6.07) is 5.77. The molecule has 1 aliphatic carbocycles. The molecule has 0 radical (unpaired) electrons. The maximum absolute atomic E-state index is 12.2. The first-order valence-electron chi connectivity index (χ1n) is 8.19. The van der Waals surface area contributed by atoms with E-state index in [1.807, 2.05) is 0 Å². The molecule has 0 aromatic heterocycles. The first-order valence-corrected chi connectivity index (χ1v) is 8.19. The van der Waals surface area contributed by atoms with Crippen molar-refractivity contribution in [1.82, 2.24) is 5.32 Å². The summed E-state index contributed by atoms with van der Waals surface area (Å²) in [5, 5.41) is 14.4. The highest BCUT2D eigenvalue weighted by Gasteiger charge is 2.27. The molecular formula is C17H21F3N2O3. The van der Waals surface area contributed by atoms with E-state index < -0.39 is 24.6 Å². The minimum atomic E-state index is -4.18. The molecule has 1 aromatic carbocycles. The second kappa shape index (κ2) is 8.22. The maximum Gasteiger partial charge on any atom is 0.389 e. The highest BCUT2D eigenvalue weighted by Crippen LogP contribution is 2.25. The van der Waals surface area contributed by atoms with Crippen LogP contribution in [0.15, 0.2) is 24.3 Å². The van der Waals surface area contributed by atoms with Crippen molar-refractivity contribution < 1.29 is 27.9 Å². The number of rotatable bonds is 5. The lowest BCUT2D eigenvalue weighted by atomic mass is 9.86. The molecule has 0 spiro atoms. The molecule has 0 aliphatic heterocycles. The number of carbonyl (C=O) groups excluding carboxylic acids is 1. The van der Waals surface area contributed by atoms with Crippen molar-refractivity contribution >= 4 is 17.7 Å². The van der Waals surface area contributed by atoms with Crippen molar-refractivity contribution in [2.24, 2.45) is 5.92 Å². The van der Waals surface area contributed by atoms with Gasteiger partial charge >= 0.3 is 18.2 Å². The minimum Gasteiger partial charge on any atom is -0.481 e. The van der Waals surface area contributed by atoms with Crippen LogP contribution in [0.25, 0.3) is 0 Å². The Bertz CT molecular complexity index is 594. The fourth-order valence-corrected chi connectivity index (χ4v) is 2.88. The number of alkyl halides is 3. The molecule has 5 nitrogen and oxygen atoms in total. The van der Waals surface area contributed by atoms with Gasteiger partial charge in [-0.15, -0.1) is 0 Å². The van der Waals surface area contributed by atoms with Crippen LogP contribution in [0.2, 0.25) is 0 Å². The molecule has 138 valence electrons. The lowest BCUT2D eigenvalue weighted by molar-refractivity contribution is -0.142. The number of anilines is 1. The third-order valence-electron chi connectivity index (χ3n) is 4.32. The predicted molar refractivity (Wildman–Crippen MR) is 86.4 cm³/mol. The molecule has 0 heterocycles. The summed E-state index contributed by atoms with van der Waals surface area (Å²) < 4.78 is 36.6. The van der Waals surface area contributed by atoms with E-state index in [4.69, 9.17) is 5.11 Å². The van der Waals surface area contributed by atoms with Gasteiger partial charge in [-0.25, -0.2) is 4.79 Å². The Kier molecular flexibility index (Phi) is 6.27. The van der Waals surface area contributed by atoms with Gasteiger partial charge in [0.15, 0.2) is 0 Å². The standard InChI is InChI=1S/C17H21F3N2O3/c18-17(19,20)10-9-11-1-5-13(6-2-11)21-16(25)22-14-7-3-12(4-8-14)15(23)24/h1-2,5-6,12,14H,3-4,7-10H2,(H,23,24)(H2,21,22,25). The fraction of sp³-hybridized carbons (Fsp3) is 0.529. The van der Waals surface area contributed by atoms with Crippen LogP contribution in [0.3, 0.4) is 0 Å². The summed E-state index contributed by atoms with van der Waals surface area (Å²) in [4.78, 5) is 22.8. The number of carbonyl (C=O) groups is 2. The number of aliphatic carboxylic acids is 1. The fourth-order valence-electron chi connectivity index (χ4n) is 2.88. The topological polar surface area (TPSA) is 78.4 Å². The van der Waals surface area contributed by atoms with Gasteiger partial charge in [-0.3, -0.25) is 4.79 Å². The number of urea groups is 1. The van der Waals surface area contributed by atoms with E-state index in [9.17, 15) is 22.8 Å². The number of benzene rings is 1. The van der Waals surface area contributed by atoms with E-state index >= 15 is 0 Å². The molecule has 1 aromatic rings. The molecule has 2 amide bonds. The average molecular weight is 358 g/mol. The van der Waals surface area contributed by atoms with E-state index in [1.54, 1.807) is 24.3 Å². The lowest BCUT2D eigenvalue weighted by Crippen LogP contribution is -2.40. The van der Waals surface area contributed by atoms with E-state index in [0.717, 1.165) is 0 Å². The number of halogens is 3. The zero-order valence-corrected chi connectivity index (χ0v) is 13.6. The van der Waals surface area contributed by atoms with Gasteiger partial charge < -0.3 is 15.7 Å². The smallest absolute Gasteiger partial charge is 0.389 e. The summed E-state index contributed by atoms with van der Waals surface area (Å²) in [5.74, 6) is -1.14. The van der Waals surface area contributed by atoms with Crippen LogP contribution in [0.1, 0.15) is 37.7 Å². The van der Waals surface area contributed by atoms with Gasteiger partial charge in [0.2, 0.25) is 0 Å². The summed E-state index contributed by atoms with van der Waals surface area (Å²) in [6.45, 7) is 0. The van der Waals surface area contributed by atoms with Crippen LogP contribution < -0.4 is 10.6 Å². The first kappa shape index (κ1) is 19.1. The van der Waals surface area contributed by atoms with Crippen LogP contribution in [-0.2, 0) is 11.2 Å². The van der Waals surface area contributed by atoms with Gasteiger partial charge in [-0.2, -0.15) is 13.2 Å². The second-order valence-electron chi connectivity index (χ2n) is 6.30. The molecule has 25 heavy (non-hydrogen) atoms. The first-order chi connectivity index (χ1) is 11.7. The van der Waals surface area contributed by atoms with E-state index in [-0.39, 0.29) is 18.4 Å². The van der Waals surface area contributed by atoms with E-state index in [0.29, 0.717) is 36.9 Å². The van der Waals surface area contributed by atoms with Crippen LogP contribution >= 0.6 is 0 Å². The molecule has 0 saturated heterocycles. The second-order valence-corrected chi connectivity index (χ2v) is 6.30. The van der Waals surface area contributed by atoms with Crippen LogP contribution in [0.4, 0.5) is 23.7 Å². The van der Waals surface area contributed by atoms with Crippen LogP contribution in [0.5, 0.6) is 0 Å². The van der Waals surface area contributed by atoms with Crippen molar-refractivity contribution in [2.45, 2.75) is 50.7 Å². The Labute approximate surface area is 143 Å². The highest BCUT2D eigenvalue weighted by molar-refractivity contribution is 5.89. The van der Waals surface area contributed by atoms with E-state index in [2.05, 4.69) is 10.6 Å². The lowest BCUT2D eigenvalue weighted by Gasteiger charge is -2.26. The van der Waals surface area contributed by atoms with Gasteiger partial charge in [0.25, 0.3) is 0 Å². The number of carboxylic acid groups (broad SMARTS) is 1. The third-order valence-corrected chi connectivity index (χ3v) is 4.32. The Morgan fingerprint density at radius 3 is 2.20 bits per heavy atom. The quantitative estimate of drug-likeness (QED) is 0.746. The average Bonchev–Trinajstić information content (AvgIpc) is 2.54. The molecule has 1 fully saturated rings. The zero-order chi connectivity index (χ0) is 18.4. The Hall–Kier alpha value is -2.25. The SMILES string of the molecule is O=C(Nc1ccc(CCC(F)(F)F)cc1)NC1CCC(C(=O)O)CC1. The van der Waals surface area contributed by atoms with Crippen molar-refractivity contribution in [1.29, 1.82) is 0 Å². The van der Waals surface area contributed by atoms with E-state index in [1.165, 1.54) is 0 Å². The number of amides is 2. The number of aryl methyl sites for hydroxylation is 1. The van der Waals surface area contributed by atoms with Gasteiger partial charge in [-0.05, 0) is 49.8 Å². The molecule has 3 N–H and O–H groups in total. The molecule has 8 heteroatoms. The van der Waals surface area contributed by atoms with Gasteiger partial charge in [-0.1, -0.05) is 12.1 Å². The highest BCUT2D eigenvalue weighted by atomic mass is 19.4. The molecule has 0 bridgehead atoms. The summed E-state index contributed by atoms with van der Waals surface area (Å²) in [5.41, 5.74) is 1.04.